The second kappa shape index (κ2) is 7.58. The van der Waals surface area contributed by atoms with Gasteiger partial charge in [0.25, 0.3) is 0 Å². The van der Waals surface area contributed by atoms with Gasteiger partial charge in [-0.05, 0) is 56.1 Å². The smallest absolute Gasteiger partial charge is 0.00956 e. The van der Waals surface area contributed by atoms with E-state index in [4.69, 9.17) is 0 Å². The van der Waals surface area contributed by atoms with Crippen LogP contribution in [0.1, 0.15) is 46.0 Å². The molecule has 1 rings (SSSR count). The predicted octanol–water partition coefficient (Wildman–Crippen LogP) is 3.30. The van der Waals surface area contributed by atoms with Gasteiger partial charge in [0.05, 0.1) is 0 Å². The number of thioether (sulfide) groups is 1. The van der Waals surface area contributed by atoms with Gasteiger partial charge in [-0.2, -0.15) is 11.8 Å². The topological polar surface area (TPSA) is 12.0 Å². The minimum Gasteiger partial charge on any atom is -0.314 e. The molecule has 1 N–H and O–H groups in total. The molecule has 0 amide bonds. The van der Waals surface area contributed by atoms with Gasteiger partial charge in [0, 0.05) is 6.04 Å². The lowest BCUT2D eigenvalue weighted by Crippen LogP contribution is -2.31. The maximum Gasteiger partial charge on any atom is 0.00956 e. The standard InChI is InChI=1S/C12H25NS/c1-3-9-13-12(11-7-8-11)6-5-10-14-4-2/h11-13H,3-10H2,1-2H3. The zero-order chi connectivity index (χ0) is 10.2. The summed E-state index contributed by atoms with van der Waals surface area (Å²) in [6, 6.07) is 0.840. The van der Waals surface area contributed by atoms with Crippen LogP contribution in [0, 0.1) is 5.92 Å². The highest BCUT2D eigenvalue weighted by Crippen LogP contribution is 2.34. The summed E-state index contributed by atoms with van der Waals surface area (Å²) in [5.41, 5.74) is 0. The molecule has 1 aliphatic carbocycles. The highest BCUT2D eigenvalue weighted by Gasteiger charge is 2.29. The molecule has 0 heterocycles. The lowest BCUT2D eigenvalue weighted by Gasteiger charge is -2.17. The maximum absolute atomic E-state index is 3.70. The van der Waals surface area contributed by atoms with Crippen LogP contribution in [0.4, 0.5) is 0 Å². The van der Waals surface area contributed by atoms with Crippen LogP contribution in [-0.2, 0) is 0 Å². The van der Waals surface area contributed by atoms with Crippen molar-refractivity contribution in [1.29, 1.82) is 0 Å². The van der Waals surface area contributed by atoms with Crippen LogP contribution in [0.25, 0.3) is 0 Å². The van der Waals surface area contributed by atoms with Crippen molar-refractivity contribution in [2.45, 2.75) is 52.0 Å². The quantitative estimate of drug-likeness (QED) is 0.592. The van der Waals surface area contributed by atoms with E-state index in [0.717, 1.165) is 12.0 Å². The first-order valence-electron chi connectivity index (χ1n) is 6.19. The van der Waals surface area contributed by atoms with Crippen LogP contribution in [0.3, 0.4) is 0 Å². The van der Waals surface area contributed by atoms with Gasteiger partial charge in [0.15, 0.2) is 0 Å². The third kappa shape index (κ3) is 5.26. The number of nitrogens with one attached hydrogen (secondary N) is 1. The molecule has 1 aliphatic rings. The summed E-state index contributed by atoms with van der Waals surface area (Å²) < 4.78 is 0. The number of hydrogen-bond acceptors (Lipinski definition) is 2. The minimum absolute atomic E-state index is 0.840. The molecule has 1 unspecified atom stereocenters. The van der Waals surface area contributed by atoms with Crippen molar-refractivity contribution >= 4 is 11.8 Å². The van der Waals surface area contributed by atoms with E-state index in [2.05, 4.69) is 30.9 Å². The maximum atomic E-state index is 3.70. The summed E-state index contributed by atoms with van der Waals surface area (Å²) >= 11 is 2.08. The molecule has 14 heavy (non-hydrogen) atoms. The minimum atomic E-state index is 0.840. The van der Waals surface area contributed by atoms with Crippen molar-refractivity contribution in [3.8, 4) is 0 Å². The van der Waals surface area contributed by atoms with Gasteiger partial charge >= 0.3 is 0 Å². The summed E-state index contributed by atoms with van der Waals surface area (Å²) in [6.07, 6.45) is 7.02. The zero-order valence-electron chi connectivity index (χ0n) is 9.72. The molecule has 0 saturated heterocycles. The van der Waals surface area contributed by atoms with Crippen molar-refractivity contribution in [3.05, 3.63) is 0 Å². The summed E-state index contributed by atoms with van der Waals surface area (Å²) in [7, 11) is 0. The highest BCUT2D eigenvalue weighted by molar-refractivity contribution is 7.99. The summed E-state index contributed by atoms with van der Waals surface area (Å²) in [4.78, 5) is 0. The summed E-state index contributed by atoms with van der Waals surface area (Å²) in [5.74, 6) is 3.65. The van der Waals surface area contributed by atoms with Gasteiger partial charge in [-0.15, -0.1) is 0 Å². The fourth-order valence-corrected chi connectivity index (χ4v) is 2.54. The second-order valence-corrected chi connectivity index (χ2v) is 5.63. The second-order valence-electron chi connectivity index (χ2n) is 4.24. The van der Waals surface area contributed by atoms with E-state index in [1.807, 2.05) is 0 Å². The molecule has 0 aromatic rings. The molecule has 84 valence electrons. The Morgan fingerprint density at radius 3 is 2.71 bits per heavy atom. The normalized spacial score (nSPS) is 18.4. The Labute approximate surface area is 93.4 Å². The van der Waals surface area contributed by atoms with Gasteiger partial charge in [-0.3, -0.25) is 0 Å². The van der Waals surface area contributed by atoms with Crippen LogP contribution in [0.5, 0.6) is 0 Å². The van der Waals surface area contributed by atoms with E-state index in [0.29, 0.717) is 0 Å². The molecule has 0 aliphatic heterocycles. The van der Waals surface area contributed by atoms with E-state index in [9.17, 15) is 0 Å². The molecule has 1 nitrogen and oxygen atoms in total. The Bertz CT molecular complexity index is 134. The molecular formula is C12H25NS. The summed E-state index contributed by atoms with van der Waals surface area (Å²) in [5, 5.41) is 3.70. The van der Waals surface area contributed by atoms with E-state index in [1.165, 1.54) is 50.2 Å². The Balaban J connectivity index is 2.02. The third-order valence-corrected chi connectivity index (χ3v) is 3.84. The van der Waals surface area contributed by atoms with Crippen molar-refractivity contribution in [2.75, 3.05) is 18.1 Å². The average Bonchev–Trinajstić information content (AvgIpc) is 3.00. The largest absolute Gasteiger partial charge is 0.314 e. The number of hydrogen-bond donors (Lipinski definition) is 1. The van der Waals surface area contributed by atoms with Gasteiger partial charge in [0.1, 0.15) is 0 Å². The first-order valence-corrected chi connectivity index (χ1v) is 7.35. The molecule has 1 saturated carbocycles. The molecular weight excluding hydrogens is 190 g/mol. The fourth-order valence-electron chi connectivity index (χ4n) is 1.88. The van der Waals surface area contributed by atoms with Gasteiger partial charge in [0.2, 0.25) is 0 Å². The van der Waals surface area contributed by atoms with E-state index in [1.54, 1.807) is 0 Å². The SMILES string of the molecule is CCCNC(CCCSCC)C1CC1. The average molecular weight is 215 g/mol. The Morgan fingerprint density at radius 2 is 2.14 bits per heavy atom. The van der Waals surface area contributed by atoms with Crippen molar-refractivity contribution < 1.29 is 0 Å². The van der Waals surface area contributed by atoms with E-state index in [-0.39, 0.29) is 0 Å². The molecule has 0 radical (unpaired) electrons. The van der Waals surface area contributed by atoms with E-state index < -0.39 is 0 Å². The number of rotatable bonds is 9. The first kappa shape index (κ1) is 12.4. The van der Waals surface area contributed by atoms with Crippen LogP contribution in [0.2, 0.25) is 0 Å². The van der Waals surface area contributed by atoms with Crippen LogP contribution < -0.4 is 5.32 Å². The van der Waals surface area contributed by atoms with Crippen LogP contribution in [-0.4, -0.2) is 24.1 Å². The highest BCUT2D eigenvalue weighted by atomic mass is 32.2. The predicted molar refractivity (Wildman–Crippen MR) is 67.0 cm³/mol. The molecule has 0 bridgehead atoms. The van der Waals surface area contributed by atoms with E-state index >= 15 is 0 Å². The lowest BCUT2D eigenvalue weighted by atomic mass is 10.1. The summed E-state index contributed by atoms with van der Waals surface area (Å²) in [6.45, 7) is 5.71. The zero-order valence-corrected chi connectivity index (χ0v) is 10.5. The van der Waals surface area contributed by atoms with Gasteiger partial charge in [-0.25, -0.2) is 0 Å². The first-order chi connectivity index (χ1) is 6.88. The molecule has 2 heteroatoms. The Kier molecular flexibility index (Phi) is 6.70. The van der Waals surface area contributed by atoms with Crippen LogP contribution in [0.15, 0.2) is 0 Å². The molecule has 0 spiro atoms. The van der Waals surface area contributed by atoms with Gasteiger partial charge in [-0.1, -0.05) is 13.8 Å². The third-order valence-electron chi connectivity index (χ3n) is 2.86. The molecule has 0 aromatic carbocycles. The van der Waals surface area contributed by atoms with Crippen molar-refractivity contribution in [3.63, 3.8) is 0 Å². The lowest BCUT2D eigenvalue weighted by molar-refractivity contribution is 0.433. The molecule has 1 fully saturated rings. The Hall–Kier alpha value is 0.310. The van der Waals surface area contributed by atoms with Gasteiger partial charge < -0.3 is 5.32 Å². The Morgan fingerprint density at radius 1 is 1.36 bits per heavy atom. The monoisotopic (exact) mass is 215 g/mol. The van der Waals surface area contributed by atoms with Crippen molar-refractivity contribution in [2.24, 2.45) is 5.92 Å². The fraction of sp³-hybridized carbons (Fsp3) is 1.00. The molecule has 1 atom stereocenters. The molecule has 0 aromatic heterocycles. The van der Waals surface area contributed by atoms with Crippen molar-refractivity contribution in [1.82, 2.24) is 5.32 Å². The van der Waals surface area contributed by atoms with Crippen LogP contribution >= 0.6 is 11.8 Å².